The monoisotopic (exact) mass is 405 g/mol. The van der Waals surface area contributed by atoms with Crippen molar-refractivity contribution in [3.8, 4) is 0 Å². The summed E-state index contributed by atoms with van der Waals surface area (Å²) in [6, 6.07) is 5.37. The molecule has 0 unspecified atom stereocenters. The number of hydrogen-bond acceptors (Lipinski definition) is 6. The van der Waals surface area contributed by atoms with Gasteiger partial charge in [0.2, 0.25) is 5.91 Å². The van der Waals surface area contributed by atoms with Crippen LogP contribution in [-0.4, -0.2) is 52.5 Å². The number of hydrogen-bond donors (Lipinski definition) is 1. The van der Waals surface area contributed by atoms with E-state index in [0.29, 0.717) is 18.7 Å². The van der Waals surface area contributed by atoms with Crippen LogP contribution in [0.25, 0.3) is 11.0 Å². The van der Waals surface area contributed by atoms with E-state index < -0.39 is 0 Å². The fraction of sp³-hybridized carbons (Fsp3) is 0.550. The van der Waals surface area contributed by atoms with E-state index in [0.717, 1.165) is 42.2 Å². The number of nitrogens with zero attached hydrogens (tertiary/aromatic N) is 2. The molecule has 7 nitrogen and oxygen atoms in total. The molecule has 1 saturated heterocycles. The van der Waals surface area contributed by atoms with Crippen molar-refractivity contribution in [3.63, 3.8) is 0 Å². The molecule has 1 amide bonds. The van der Waals surface area contributed by atoms with Gasteiger partial charge >= 0.3 is 5.97 Å². The summed E-state index contributed by atoms with van der Waals surface area (Å²) in [5.74, 6) is -0.381. The van der Waals surface area contributed by atoms with Gasteiger partial charge in [-0.05, 0) is 51.8 Å². The van der Waals surface area contributed by atoms with Gasteiger partial charge in [0.25, 0.3) is 0 Å². The summed E-state index contributed by atoms with van der Waals surface area (Å²) in [7, 11) is 0. The average Bonchev–Trinajstić information content (AvgIpc) is 3.32. The van der Waals surface area contributed by atoms with Crippen LogP contribution in [0.3, 0.4) is 0 Å². The first-order chi connectivity index (χ1) is 13.5. The van der Waals surface area contributed by atoms with Crippen molar-refractivity contribution in [3.05, 3.63) is 23.8 Å². The number of carbonyl (C=O) groups is 2. The number of ether oxygens (including phenoxy) is 2. The lowest BCUT2D eigenvalue weighted by molar-refractivity contribution is -0.120. The van der Waals surface area contributed by atoms with Crippen LogP contribution < -0.4 is 5.32 Å². The van der Waals surface area contributed by atoms with Crippen LogP contribution in [0.15, 0.2) is 23.4 Å². The van der Waals surface area contributed by atoms with Crippen molar-refractivity contribution in [2.45, 2.75) is 56.7 Å². The van der Waals surface area contributed by atoms with Gasteiger partial charge < -0.3 is 19.4 Å². The van der Waals surface area contributed by atoms with Gasteiger partial charge in [-0.3, -0.25) is 4.79 Å². The van der Waals surface area contributed by atoms with Crippen LogP contribution >= 0.6 is 11.8 Å². The highest BCUT2D eigenvalue weighted by Crippen LogP contribution is 2.28. The van der Waals surface area contributed by atoms with Gasteiger partial charge in [-0.15, -0.1) is 0 Å². The van der Waals surface area contributed by atoms with E-state index in [1.165, 1.54) is 11.8 Å². The molecule has 8 heteroatoms. The highest BCUT2D eigenvalue weighted by atomic mass is 32.2. The van der Waals surface area contributed by atoms with Crippen LogP contribution in [0.4, 0.5) is 0 Å². The van der Waals surface area contributed by atoms with Crippen LogP contribution in [0.5, 0.6) is 0 Å². The van der Waals surface area contributed by atoms with Crippen molar-refractivity contribution >= 4 is 34.7 Å². The Bertz CT molecular complexity index is 845. The summed E-state index contributed by atoms with van der Waals surface area (Å²) >= 11 is 1.42. The lowest BCUT2D eigenvalue weighted by Crippen LogP contribution is -2.36. The summed E-state index contributed by atoms with van der Waals surface area (Å²) in [6.07, 6.45) is 2.18. The Morgan fingerprint density at radius 2 is 2.25 bits per heavy atom. The number of aryl methyl sites for hydroxylation is 1. The Morgan fingerprint density at radius 1 is 1.43 bits per heavy atom. The molecule has 0 radical (unpaired) electrons. The third-order valence-corrected chi connectivity index (χ3v) is 5.81. The molecule has 0 bridgehead atoms. The standard InChI is InChI=1S/C20H27N3O4S/c1-4-23-17-9-8-14(19(25)26-5-2)11-16(17)22-20(23)28-13(3)18(24)21-12-15-7-6-10-27-15/h8-9,11,13,15H,4-7,10,12H2,1-3H3,(H,21,24)/t13-,15-/m1/s1. The molecule has 1 N–H and O–H groups in total. The van der Waals surface area contributed by atoms with Gasteiger partial charge in [0.1, 0.15) is 0 Å². The number of carbonyl (C=O) groups excluding carboxylic acids is 2. The summed E-state index contributed by atoms with van der Waals surface area (Å²) in [5.41, 5.74) is 2.14. The molecule has 1 aliphatic rings. The molecule has 2 atom stereocenters. The normalized spacial score (nSPS) is 17.6. The number of benzene rings is 1. The molecular weight excluding hydrogens is 378 g/mol. The molecule has 28 heavy (non-hydrogen) atoms. The van der Waals surface area contributed by atoms with Crippen LogP contribution in [-0.2, 0) is 20.8 Å². The fourth-order valence-corrected chi connectivity index (χ4v) is 4.23. The zero-order valence-electron chi connectivity index (χ0n) is 16.6. The molecule has 0 spiro atoms. The van der Waals surface area contributed by atoms with E-state index in [9.17, 15) is 9.59 Å². The van der Waals surface area contributed by atoms with E-state index in [2.05, 4.69) is 14.9 Å². The molecule has 1 aliphatic heterocycles. The van der Waals surface area contributed by atoms with E-state index in [4.69, 9.17) is 9.47 Å². The second kappa shape index (κ2) is 9.43. The molecule has 0 saturated carbocycles. The number of thioether (sulfide) groups is 1. The van der Waals surface area contributed by atoms with Crippen molar-refractivity contribution in [2.75, 3.05) is 19.8 Å². The van der Waals surface area contributed by atoms with Gasteiger partial charge in [0.05, 0.1) is 34.6 Å². The molecule has 0 aliphatic carbocycles. The van der Waals surface area contributed by atoms with Crippen molar-refractivity contribution in [2.24, 2.45) is 0 Å². The Balaban J connectivity index is 1.72. The molecule has 1 aromatic heterocycles. The molecule has 1 fully saturated rings. The van der Waals surface area contributed by atoms with E-state index in [1.54, 1.807) is 19.1 Å². The average molecular weight is 406 g/mol. The largest absolute Gasteiger partial charge is 0.462 e. The number of esters is 1. The SMILES string of the molecule is CCOC(=O)c1ccc2c(c1)nc(S[C@H](C)C(=O)NC[C@H]1CCCO1)n2CC. The fourth-order valence-electron chi connectivity index (χ4n) is 3.22. The molecule has 1 aromatic carbocycles. The van der Waals surface area contributed by atoms with E-state index in [1.807, 2.05) is 19.9 Å². The number of fused-ring (bicyclic) bond motifs is 1. The lowest BCUT2D eigenvalue weighted by atomic mass is 10.2. The summed E-state index contributed by atoms with van der Waals surface area (Å²) < 4.78 is 12.7. The summed E-state index contributed by atoms with van der Waals surface area (Å²) in [4.78, 5) is 29.1. The predicted molar refractivity (Wildman–Crippen MR) is 109 cm³/mol. The Hall–Kier alpha value is -2.06. The Morgan fingerprint density at radius 3 is 2.93 bits per heavy atom. The number of aromatic nitrogens is 2. The number of rotatable bonds is 8. The van der Waals surface area contributed by atoms with E-state index >= 15 is 0 Å². The Kier molecular flexibility index (Phi) is 6.96. The maximum Gasteiger partial charge on any atom is 0.338 e. The molecule has 3 rings (SSSR count). The molecule has 2 aromatic rings. The van der Waals surface area contributed by atoms with Crippen LogP contribution in [0, 0.1) is 0 Å². The predicted octanol–water partition coefficient (Wildman–Crippen LogP) is 3.01. The Labute approximate surface area is 169 Å². The first-order valence-electron chi connectivity index (χ1n) is 9.76. The van der Waals surface area contributed by atoms with Gasteiger partial charge in [0.15, 0.2) is 5.16 Å². The maximum atomic E-state index is 12.4. The minimum atomic E-state index is -0.355. The van der Waals surface area contributed by atoms with Crippen molar-refractivity contribution < 1.29 is 19.1 Å². The highest BCUT2D eigenvalue weighted by molar-refractivity contribution is 8.00. The number of nitrogens with one attached hydrogen (secondary N) is 1. The van der Waals surface area contributed by atoms with Crippen molar-refractivity contribution in [1.82, 2.24) is 14.9 Å². The summed E-state index contributed by atoms with van der Waals surface area (Å²) in [5, 5.41) is 3.45. The second-order valence-corrected chi connectivity index (χ2v) is 8.01. The first-order valence-corrected chi connectivity index (χ1v) is 10.6. The van der Waals surface area contributed by atoms with Crippen LogP contribution in [0.1, 0.15) is 44.0 Å². The first kappa shape index (κ1) is 20.7. The number of amides is 1. The van der Waals surface area contributed by atoms with E-state index in [-0.39, 0.29) is 23.2 Å². The quantitative estimate of drug-likeness (QED) is 0.537. The highest BCUT2D eigenvalue weighted by Gasteiger charge is 2.22. The summed E-state index contributed by atoms with van der Waals surface area (Å²) in [6.45, 7) is 8.07. The van der Waals surface area contributed by atoms with Crippen LogP contribution in [0.2, 0.25) is 0 Å². The molecule has 2 heterocycles. The topological polar surface area (TPSA) is 82.4 Å². The third kappa shape index (κ3) is 4.67. The van der Waals surface area contributed by atoms with Crippen molar-refractivity contribution in [1.29, 1.82) is 0 Å². The second-order valence-electron chi connectivity index (χ2n) is 6.70. The minimum Gasteiger partial charge on any atom is -0.462 e. The van der Waals surface area contributed by atoms with Gasteiger partial charge in [-0.2, -0.15) is 0 Å². The lowest BCUT2D eigenvalue weighted by Gasteiger charge is -2.15. The smallest absolute Gasteiger partial charge is 0.338 e. The maximum absolute atomic E-state index is 12.4. The zero-order chi connectivity index (χ0) is 20.1. The van der Waals surface area contributed by atoms with Gasteiger partial charge in [-0.1, -0.05) is 11.8 Å². The molecular formula is C20H27N3O4S. The molecule has 152 valence electrons. The van der Waals surface area contributed by atoms with Gasteiger partial charge in [-0.25, -0.2) is 9.78 Å². The third-order valence-electron chi connectivity index (χ3n) is 4.72. The number of imidazole rings is 1. The minimum absolute atomic E-state index is 0.0255. The van der Waals surface area contributed by atoms with Gasteiger partial charge in [0, 0.05) is 19.7 Å². The zero-order valence-corrected chi connectivity index (χ0v) is 17.4.